The fourth-order valence-electron chi connectivity index (χ4n) is 2.23. The topological polar surface area (TPSA) is 95.3 Å². The molecule has 0 bridgehead atoms. The van der Waals surface area contributed by atoms with Crippen LogP contribution in [0.15, 0.2) is 35.5 Å². The Kier molecular flexibility index (Phi) is 4.02. The first-order valence-corrected chi connectivity index (χ1v) is 8.06. The number of carbonyl (C=O) groups excluding carboxylic acids is 1. The monoisotopic (exact) mass is 345 g/mol. The number of carbonyl (C=O) groups is 1. The Labute approximate surface area is 140 Å². The van der Waals surface area contributed by atoms with Crippen LogP contribution in [0.2, 0.25) is 0 Å². The van der Waals surface area contributed by atoms with Gasteiger partial charge in [0.1, 0.15) is 0 Å². The van der Waals surface area contributed by atoms with E-state index in [-0.39, 0.29) is 17.4 Å². The smallest absolute Gasteiger partial charge is 0.300 e. The molecule has 0 saturated heterocycles. The summed E-state index contributed by atoms with van der Waals surface area (Å²) in [6.07, 6.45) is 1.74. The molecule has 0 atom stereocenters. The van der Waals surface area contributed by atoms with E-state index in [0.29, 0.717) is 9.50 Å². The molecule has 8 nitrogen and oxygen atoms in total. The molecule has 0 fully saturated rings. The lowest BCUT2D eigenvalue weighted by Gasteiger charge is -2.02. The summed E-state index contributed by atoms with van der Waals surface area (Å²) >= 11 is 1.23. The van der Waals surface area contributed by atoms with E-state index in [4.69, 9.17) is 0 Å². The number of benzene rings is 1. The van der Waals surface area contributed by atoms with Crippen molar-refractivity contribution < 1.29 is 9.72 Å². The first-order chi connectivity index (χ1) is 11.4. The fourth-order valence-corrected chi connectivity index (χ4v) is 3.28. The Morgan fingerprint density at radius 1 is 1.38 bits per heavy atom. The number of fused-ring (bicyclic) bond motifs is 1. The van der Waals surface area contributed by atoms with Crippen LogP contribution < -0.4 is 4.80 Å². The zero-order valence-corrected chi connectivity index (χ0v) is 14.1. The molecule has 0 N–H and O–H groups in total. The molecular weight excluding hydrogens is 330 g/mol. The number of aromatic nitrogens is 3. The summed E-state index contributed by atoms with van der Waals surface area (Å²) in [7, 11) is 1.77. The van der Waals surface area contributed by atoms with Crippen LogP contribution in [0.5, 0.6) is 0 Å². The second-order valence-electron chi connectivity index (χ2n) is 5.54. The zero-order valence-electron chi connectivity index (χ0n) is 13.3. The standard InChI is InChI=1S/C15H15N5O3S/c1-9(2)19-7-6-11(17-19)14(21)16-15-18(3)12-5-4-10(20(22)23)8-13(12)24-15/h4-9H,1-3H3. The van der Waals surface area contributed by atoms with Crippen LogP contribution >= 0.6 is 11.3 Å². The average Bonchev–Trinajstić information content (AvgIpc) is 3.13. The minimum Gasteiger partial charge on any atom is -0.319 e. The Morgan fingerprint density at radius 3 is 2.75 bits per heavy atom. The first kappa shape index (κ1) is 16.1. The minimum atomic E-state index is -0.445. The number of amides is 1. The maximum Gasteiger partial charge on any atom is 0.300 e. The summed E-state index contributed by atoms with van der Waals surface area (Å²) in [5.74, 6) is -0.439. The highest BCUT2D eigenvalue weighted by Crippen LogP contribution is 2.22. The number of nitro benzene ring substituents is 1. The quantitative estimate of drug-likeness (QED) is 0.538. The summed E-state index contributed by atoms with van der Waals surface area (Å²) in [6.45, 7) is 3.94. The highest BCUT2D eigenvalue weighted by Gasteiger charge is 2.13. The van der Waals surface area contributed by atoms with Gasteiger partial charge in [-0.25, -0.2) is 0 Å². The molecule has 9 heteroatoms. The van der Waals surface area contributed by atoms with E-state index in [1.54, 1.807) is 34.6 Å². The van der Waals surface area contributed by atoms with Gasteiger partial charge in [0.2, 0.25) is 0 Å². The molecule has 0 saturated carbocycles. The van der Waals surface area contributed by atoms with Gasteiger partial charge < -0.3 is 4.57 Å². The van der Waals surface area contributed by atoms with E-state index in [1.165, 1.54) is 23.5 Å². The second kappa shape index (κ2) is 6.00. The lowest BCUT2D eigenvalue weighted by Crippen LogP contribution is -2.14. The molecule has 0 radical (unpaired) electrons. The molecule has 0 aliphatic heterocycles. The van der Waals surface area contributed by atoms with Crippen molar-refractivity contribution in [3.8, 4) is 0 Å². The van der Waals surface area contributed by atoms with Crippen LogP contribution in [0.4, 0.5) is 5.69 Å². The molecule has 1 amide bonds. The maximum atomic E-state index is 12.3. The Balaban J connectivity index is 2.04. The van der Waals surface area contributed by atoms with Gasteiger partial charge in [-0.15, -0.1) is 0 Å². The van der Waals surface area contributed by atoms with Gasteiger partial charge in [0.05, 0.1) is 15.1 Å². The molecular formula is C15H15N5O3S. The van der Waals surface area contributed by atoms with E-state index >= 15 is 0 Å². The van der Waals surface area contributed by atoms with Crippen LogP contribution in [0, 0.1) is 10.1 Å². The molecule has 2 aromatic heterocycles. The van der Waals surface area contributed by atoms with Gasteiger partial charge in [-0.1, -0.05) is 11.3 Å². The zero-order chi connectivity index (χ0) is 17.4. The largest absolute Gasteiger partial charge is 0.319 e. The lowest BCUT2D eigenvalue weighted by molar-refractivity contribution is -0.384. The molecule has 124 valence electrons. The average molecular weight is 345 g/mol. The third-order valence-corrected chi connectivity index (χ3v) is 4.65. The van der Waals surface area contributed by atoms with Crippen LogP contribution in [0.1, 0.15) is 30.4 Å². The van der Waals surface area contributed by atoms with Crippen molar-refractivity contribution in [2.45, 2.75) is 19.9 Å². The Morgan fingerprint density at radius 2 is 2.12 bits per heavy atom. The van der Waals surface area contributed by atoms with Crippen LogP contribution in [-0.2, 0) is 7.05 Å². The van der Waals surface area contributed by atoms with Crippen molar-refractivity contribution in [3.63, 3.8) is 0 Å². The third-order valence-electron chi connectivity index (χ3n) is 3.56. The number of rotatable bonds is 3. The lowest BCUT2D eigenvalue weighted by atomic mass is 10.3. The van der Waals surface area contributed by atoms with Crippen molar-refractivity contribution in [3.05, 3.63) is 51.1 Å². The van der Waals surface area contributed by atoms with Gasteiger partial charge in [-0.05, 0) is 26.0 Å². The molecule has 0 unspecified atom stereocenters. The number of aryl methyl sites for hydroxylation is 1. The first-order valence-electron chi connectivity index (χ1n) is 7.25. The van der Waals surface area contributed by atoms with Crippen LogP contribution in [0.25, 0.3) is 10.2 Å². The summed E-state index contributed by atoms with van der Waals surface area (Å²) in [6, 6.07) is 6.36. The minimum absolute atomic E-state index is 0.0119. The third kappa shape index (κ3) is 2.85. The predicted molar refractivity (Wildman–Crippen MR) is 90.0 cm³/mol. The molecule has 0 aliphatic carbocycles. The van der Waals surface area contributed by atoms with E-state index in [1.807, 2.05) is 13.8 Å². The van der Waals surface area contributed by atoms with Gasteiger partial charge in [0, 0.05) is 31.4 Å². The Bertz CT molecular complexity index is 1010. The van der Waals surface area contributed by atoms with Crippen LogP contribution in [-0.4, -0.2) is 25.2 Å². The fraction of sp³-hybridized carbons (Fsp3) is 0.267. The van der Waals surface area contributed by atoms with Gasteiger partial charge >= 0.3 is 0 Å². The second-order valence-corrected chi connectivity index (χ2v) is 6.55. The van der Waals surface area contributed by atoms with E-state index < -0.39 is 10.8 Å². The van der Waals surface area contributed by atoms with Crippen LogP contribution in [0.3, 0.4) is 0 Å². The van der Waals surface area contributed by atoms with Crippen molar-refractivity contribution in [1.82, 2.24) is 14.3 Å². The summed E-state index contributed by atoms with van der Waals surface area (Å²) in [5.41, 5.74) is 1.06. The predicted octanol–water partition coefficient (Wildman–Crippen LogP) is 2.67. The van der Waals surface area contributed by atoms with Crippen molar-refractivity contribution >= 4 is 33.1 Å². The maximum absolute atomic E-state index is 12.3. The van der Waals surface area contributed by atoms with Gasteiger partial charge in [0.25, 0.3) is 11.6 Å². The SMILES string of the molecule is CC(C)n1ccc(C(=O)N=c2sc3cc([N+](=O)[O-])ccc3n2C)n1. The number of non-ortho nitro benzene ring substituents is 1. The molecule has 3 aromatic rings. The van der Waals surface area contributed by atoms with Gasteiger partial charge in [0.15, 0.2) is 10.5 Å². The number of hydrogen-bond acceptors (Lipinski definition) is 5. The molecule has 2 heterocycles. The summed E-state index contributed by atoms with van der Waals surface area (Å²) < 4.78 is 4.13. The van der Waals surface area contributed by atoms with E-state index in [9.17, 15) is 14.9 Å². The molecule has 1 aromatic carbocycles. The summed E-state index contributed by atoms with van der Waals surface area (Å²) in [4.78, 5) is 27.3. The van der Waals surface area contributed by atoms with Crippen molar-refractivity contribution in [1.29, 1.82) is 0 Å². The highest BCUT2D eigenvalue weighted by atomic mass is 32.1. The summed E-state index contributed by atoms with van der Waals surface area (Å²) in [5, 5.41) is 15.1. The van der Waals surface area contributed by atoms with E-state index in [0.717, 1.165) is 5.52 Å². The number of nitrogens with zero attached hydrogens (tertiary/aromatic N) is 5. The van der Waals surface area contributed by atoms with Gasteiger partial charge in [-0.3, -0.25) is 19.6 Å². The normalized spacial score (nSPS) is 12.2. The van der Waals surface area contributed by atoms with E-state index in [2.05, 4.69) is 10.1 Å². The Hall–Kier alpha value is -2.81. The molecule has 0 aliphatic rings. The number of thiazole rings is 1. The number of hydrogen-bond donors (Lipinski definition) is 0. The molecule has 24 heavy (non-hydrogen) atoms. The van der Waals surface area contributed by atoms with Crippen molar-refractivity contribution in [2.24, 2.45) is 12.0 Å². The highest BCUT2D eigenvalue weighted by molar-refractivity contribution is 7.16. The van der Waals surface area contributed by atoms with Crippen molar-refractivity contribution in [2.75, 3.05) is 0 Å². The molecule has 3 rings (SSSR count). The van der Waals surface area contributed by atoms with Gasteiger partial charge in [-0.2, -0.15) is 10.1 Å². The molecule has 0 spiro atoms. The number of nitro groups is 1.